The fourth-order valence-corrected chi connectivity index (χ4v) is 2.74. The molecule has 1 aliphatic rings. The van der Waals surface area contributed by atoms with Crippen molar-refractivity contribution in [3.63, 3.8) is 0 Å². The maximum absolute atomic E-state index is 12.1. The molecule has 1 heterocycles. The number of likely N-dealkylation sites (N-methyl/N-ethyl adjacent to an activating group) is 1. The minimum atomic E-state index is -0.0780. The minimum Gasteiger partial charge on any atom is -0.338 e. The molecule has 0 saturated heterocycles. The molecule has 0 spiro atoms. The van der Waals surface area contributed by atoms with Crippen molar-refractivity contribution in [2.75, 3.05) is 18.9 Å². The Morgan fingerprint density at radius 1 is 1.38 bits per heavy atom. The number of nitrogens with one attached hydrogen (secondary N) is 1. The highest BCUT2D eigenvalue weighted by molar-refractivity contribution is 5.91. The quantitative estimate of drug-likeness (QED) is 0.926. The predicted octanol–water partition coefficient (Wildman–Crippen LogP) is 3.18. The second kappa shape index (κ2) is 6.60. The third-order valence-corrected chi connectivity index (χ3v) is 4.13. The number of hydrogen-bond acceptors (Lipinski definition) is 4. The average Bonchev–Trinajstić information content (AvgIpc) is 2.88. The van der Waals surface area contributed by atoms with Crippen LogP contribution in [-0.2, 0) is 10.2 Å². The number of rotatable bonds is 4. The molecule has 1 aromatic heterocycles. The fourth-order valence-electron chi connectivity index (χ4n) is 2.74. The van der Waals surface area contributed by atoms with Gasteiger partial charge in [0.1, 0.15) is 0 Å². The average molecular weight is 293 g/mol. The topological polar surface area (TPSA) is 58.4 Å². The van der Waals surface area contributed by atoms with Crippen LogP contribution in [0, 0.1) is 0 Å². The van der Waals surface area contributed by atoms with E-state index in [0.717, 1.165) is 5.69 Å². The Morgan fingerprint density at radius 3 is 2.62 bits per heavy atom. The maximum Gasteiger partial charge on any atom is 0.240 e. The predicted molar refractivity (Wildman–Crippen MR) is 83.3 cm³/mol. The van der Waals surface area contributed by atoms with E-state index in [1.165, 1.54) is 32.1 Å². The summed E-state index contributed by atoms with van der Waals surface area (Å²) in [6, 6.07) is 2.34. The minimum absolute atomic E-state index is 0.0420. The largest absolute Gasteiger partial charge is 0.338 e. The van der Waals surface area contributed by atoms with Crippen LogP contribution in [0.3, 0.4) is 0 Å². The molecule has 1 fully saturated rings. The molecular weight excluding hydrogens is 266 g/mol. The number of carbonyl (C=O) groups excluding carboxylic acids is 1. The third kappa shape index (κ3) is 4.56. The van der Waals surface area contributed by atoms with E-state index >= 15 is 0 Å². The Bertz CT molecular complexity index is 470. The van der Waals surface area contributed by atoms with Crippen LogP contribution in [0.4, 0.5) is 5.88 Å². The summed E-state index contributed by atoms with van der Waals surface area (Å²) < 4.78 is 5.19. The van der Waals surface area contributed by atoms with Crippen LogP contribution in [0.2, 0.25) is 0 Å². The van der Waals surface area contributed by atoms with Crippen LogP contribution in [0.5, 0.6) is 0 Å². The highest BCUT2D eigenvalue weighted by Crippen LogP contribution is 2.24. The Balaban J connectivity index is 1.85. The second-order valence-electron chi connectivity index (χ2n) is 7.08. The van der Waals surface area contributed by atoms with Crippen molar-refractivity contribution in [3.05, 3.63) is 11.8 Å². The first-order chi connectivity index (χ1) is 9.86. The van der Waals surface area contributed by atoms with Gasteiger partial charge in [-0.15, -0.1) is 0 Å². The number of carbonyl (C=O) groups is 1. The fraction of sp³-hybridized carbons (Fsp3) is 0.750. The first kappa shape index (κ1) is 16.0. The monoisotopic (exact) mass is 293 g/mol. The molecule has 0 aromatic carbocycles. The van der Waals surface area contributed by atoms with Crippen molar-refractivity contribution in [2.24, 2.45) is 0 Å². The number of hydrogen-bond donors (Lipinski definition) is 1. The van der Waals surface area contributed by atoms with Crippen molar-refractivity contribution in [1.82, 2.24) is 10.1 Å². The maximum atomic E-state index is 12.1. The van der Waals surface area contributed by atoms with E-state index in [1.54, 1.807) is 6.07 Å². The molecule has 1 amide bonds. The molecule has 0 atom stereocenters. The zero-order valence-corrected chi connectivity index (χ0v) is 13.6. The lowest BCUT2D eigenvalue weighted by atomic mass is 9.92. The summed E-state index contributed by atoms with van der Waals surface area (Å²) in [4.78, 5) is 14.2. The lowest BCUT2D eigenvalue weighted by Gasteiger charge is -2.30. The molecule has 1 aliphatic carbocycles. The molecule has 1 N–H and O–H groups in total. The highest BCUT2D eigenvalue weighted by atomic mass is 16.5. The van der Waals surface area contributed by atoms with Crippen LogP contribution in [0.25, 0.3) is 0 Å². The first-order valence-electron chi connectivity index (χ1n) is 7.83. The van der Waals surface area contributed by atoms with Gasteiger partial charge in [0.2, 0.25) is 11.8 Å². The van der Waals surface area contributed by atoms with Crippen LogP contribution < -0.4 is 5.32 Å². The molecular formula is C16H27N3O2. The molecule has 1 aromatic rings. The summed E-state index contributed by atoms with van der Waals surface area (Å²) in [7, 11) is 2.02. The van der Waals surface area contributed by atoms with Gasteiger partial charge in [0.25, 0.3) is 0 Å². The summed E-state index contributed by atoms with van der Waals surface area (Å²) in [5.74, 6) is 0.390. The molecule has 0 radical (unpaired) electrons. The van der Waals surface area contributed by atoms with E-state index in [1.807, 2.05) is 7.05 Å². The van der Waals surface area contributed by atoms with Crippen molar-refractivity contribution < 1.29 is 9.32 Å². The van der Waals surface area contributed by atoms with Gasteiger partial charge in [-0.05, 0) is 19.9 Å². The molecule has 2 rings (SSSR count). The SMILES string of the molecule is CN(CC(=O)Nc1cc(C(C)(C)C)no1)C1CCCCC1. The number of aromatic nitrogens is 1. The molecule has 5 nitrogen and oxygen atoms in total. The van der Waals surface area contributed by atoms with Gasteiger partial charge < -0.3 is 4.52 Å². The smallest absolute Gasteiger partial charge is 0.240 e. The van der Waals surface area contributed by atoms with Crippen LogP contribution in [0.15, 0.2) is 10.6 Å². The van der Waals surface area contributed by atoms with E-state index in [0.29, 0.717) is 18.5 Å². The van der Waals surface area contributed by atoms with Gasteiger partial charge in [0.15, 0.2) is 0 Å². The number of amides is 1. The summed E-state index contributed by atoms with van der Waals surface area (Å²) in [5, 5.41) is 6.80. The Hall–Kier alpha value is -1.36. The van der Waals surface area contributed by atoms with Crippen LogP contribution >= 0.6 is 0 Å². The van der Waals surface area contributed by atoms with Crippen LogP contribution in [-0.4, -0.2) is 35.6 Å². The Labute approximate surface area is 127 Å². The van der Waals surface area contributed by atoms with Crippen molar-refractivity contribution in [3.8, 4) is 0 Å². The first-order valence-corrected chi connectivity index (χ1v) is 7.83. The highest BCUT2D eigenvalue weighted by Gasteiger charge is 2.22. The normalized spacial score (nSPS) is 17.2. The second-order valence-corrected chi connectivity index (χ2v) is 7.08. The molecule has 1 saturated carbocycles. The Kier molecular flexibility index (Phi) is 5.04. The van der Waals surface area contributed by atoms with Gasteiger partial charge in [-0.2, -0.15) is 0 Å². The zero-order valence-electron chi connectivity index (χ0n) is 13.6. The molecule has 0 unspecified atom stereocenters. The Morgan fingerprint density at radius 2 is 2.05 bits per heavy atom. The number of anilines is 1. The van der Waals surface area contributed by atoms with Gasteiger partial charge in [0, 0.05) is 17.5 Å². The standard InChI is InChI=1S/C16H27N3O2/c1-16(2,3)13-10-15(21-18-13)17-14(20)11-19(4)12-8-6-5-7-9-12/h10,12H,5-9,11H2,1-4H3,(H,17,20). The van der Waals surface area contributed by atoms with Crippen molar-refractivity contribution in [2.45, 2.75) is 64.3 Å². The van der Waals surface area contributed by atoms with E-state index in [-0.39, 0.29) is 11.3 Å². The zero-order chi connectivity index (χ0) is 15.5. The van der Waals surface area contributed by atoms with Gasteiger partial charge in [0.05, 0.1) is 12.2 Å². The molecule has 21 heavy (non-hydrogen) atoms. The molecule has 0 aliphatic heterocycles. The third-order valence-electron chi connectivity index (χ3n) is 4.13. The van der Waals surface area contributed by atoms with E-state index in [4.69, 9.17) is 4.52 Å². The molecule has 0 bridgehead atoms. The van der Waals surface area contributed by atoms with Crippen molar-refractivity contribution in [1.29, 1.82) is 0 Å². The summed E-state index contributed by atoms with van der Waals surface area (Å²) >= 11 is 0. The van der Waals surface area contributed by atoms with Gasteiger partial charge in [-0.3, -0.25) is 15.0 Å². The van der Waals surface area contributed by atoms with E-state index in [9.17, 15) is 4.79 Å². The summed E-state index contributed by atoms with van der Waals surface area (Å²) in [6.45, 7) is 6.59. The molecule has 118 valence electrons. The molecule has 5 heteroatoms. The van der Waals surface area contributed by atoms with Crippen LogP contribution in [0.1, 0.15) is 58.6 Å². The van der Waals surface area contributed by atoms with E-state index in [2.05, 4.69) is 36.1 Å². The summed E-state index contributed by atoms with van der Waals surface area (Å²) in [6.07, 6.45) is 6.26. The lowest BCUT2D eigenvalue weighted by Crippen LogP contribution is -2.39. The van der Waals surface area contributed by atoms with Gasteiger partial charge >= 0.3 is 0 Å². The number of nitrogens with zero attached hydrogens (tertiary/aromatic N) is 2. The lowest BCUT2D eigenvalue weighted by molar-refractivity contribution is -0.117. The summed E-state index contributed by atoms with van der Waals surface area (Å²) in [5.41, 5.74) is 0.768. The van der Waals surface area contributed by atoms with Crippen molar-refractivity contribution >= 4 is 11.8 Å². The van der Waals surface area contributed by atoms with E-state index < -0.39 is 0 Å². The van der Waals surface area contributed by atoms with Gasteiger partial charge in [-0.1, -0.05) is 45.2 Å². The van der Waals surface area contributed by atoms with Gasteiger partial charge in [-0.25, -0.2) is 0 Å².